The minimum absolute atomic E-state index is 0.278. The number of hydrogen-bond acceptors (Lipinski definition) is 5. The number of ether oxygens (including phenoxy) is 1. The predicted molar refractivity (Wildman–Crippen MR) is 87.1 cm³/mol. The van der Waals surface area contributed by atoms with Gasteiger partial charge >= 0.3 is 0 Å². The Kier molecular flexibility index (Phi) is 5.28. The summed E-state index contributed by atoms with van der Waals surface area (Å²) in [4.78, 5) is 15.6. The molecule has 1 heterocycles. The van der Waals surface area contributed by atoms with Crippen molar-refractivity contribution in [2.24, 2.45) is 5.73 Å². The Morgan fingerprint density at radius 2 is 2.22 bits per heavy atom. The van der Waals surface area contributed by atoms with Crippen molar-refractivity contribution in [3.8, 4) is 17.7 Å². The van der Waals surface area contributed by atoms with Crippen LogP contribution >= 0.6 is 0 Å². The Morgan fingerprint density at radius 1 is 1.43 bits per heavy atom. The minimum atomic E-state index is -0.586. The van der Waals surface area contributed by atoms with Crippen LogP contribution < -0.4 is 15.8 Å². The molecule has 0 fully saturated rings. The number of carbonyl (C=O) groups is 1. The normalized spacial score (nSPS) is 11.4. The summed E-state index contributed by atoms with van der Waals surface area (Å²) in [5.74, 6) is 0.733. The van der Waals surface area contributed by atoms with E-state index in [0.717, 1.165) is 12.0 Å². The van der Waals surface area contributed by atoms with Gasteiger partial charge in [0.1, 0.15) is 5.75 Å². The highest BCUT2D eigenvalue weighted by Crippen LogP contribution is 2.23. The quantitative estimate of drug-likeness (QED) is 0.884. The van der Waals surface area contributed by atoms with Gasteiger partial charge in [-0.2, -0.15) is 5.26 Å². The molecule has 2 rings (SSSR count). The number of hydrogen-bond donors (Lipinski definition) is 2. The molecule has 23 heavy (non-hydrogen) atoms. The number of amides is 1. The van der Waals surface area contributed by atoms with Gasteiger partial charge in [-0.15, -0.1) is 0 Å². The largest absolute Gasteiger partial charge is 0.439 e. The van der Waals surface area contributed by atoms with Crippen LogP contribution in [0.5, 0.6) is 11.6 Å². The molecule has 1 amide bonds. The van der Waals surface area contributed by atoms with Crippen LogP contribution in [0.25, 0.3) is 0 Å². The second kappa shape index (κ2) is 7.38. The van der Waals surface area contributed by atoms with Crippen LogP contribution in [0.3, 0.4) is 0 Å². The highest BCUT2D eigenvalue weighted by molar-refractivity contribution is 5.94. The number of rotatable bonds is 5. The monoisotopic (exact) mass is 310 g/mol. The average Bonchev–Trinajstić information content (AvgIpc) is 2.56. The summed E-state index contributed by atoms with van der Waals surface area (Å²) in [6.07, 6.45) is 2.25. The Balaban J connectivity index is 2.09. The Labute approximate surface area is 134 Å². The molecule has 0 unspecified atom stereocenters. The maximum Gasteiger partial charge on any atom is 0.241 e. The van der Waals surface area contributed by atoms with E-state index in [-0.39, 0.29) is 5.91 Å². The fourth-order valence-corrected chi connectivity index (χ4v) is 1.93. The Morgan fingerprint density at radius 3 is 2.78 bits per heavy atom. The molecular formula is C17H18N4O2. The molecule has 3 N–H and O–H groups in total. The van der Waals surface area contributed by atoms with Crippen LogP contribution in [-0.4, -0.2) is 16.9 Å². The average molecular weight is 310 g/mol. The van der Waals surface area contributed by atoms with Gasteiger partial charge in [-0.05, 0) is 43.2 Å². The van der Waals surface area contributed by atoms with E-state index in [1.165, 1.54) is 6.20 Å². The van der Waals surface area contributed by atoms with E-state index >= 15 is 0 Å². The number of nitrogens with zero attached hydrogens (tertiary/aromatic N) is 2. The number of nitrogens with one attached hydrogen (secondary N) is 1. The van der Waals surface area contributed by atoms with Crippen LogP contribution in [0.15, 0.2) is 36.5 Å². The van der Waals surface area contributed by atoms with Crippen LogP contribution in [0.4, 0.5) is 5.69 Å². The van der Waals surface area contributed by atoms with Crippen molar-refractivity contribution in [3.05, 3.63) is 47.7 Å². The van der Waals surface area contributed by atoms with Gasteiger partial charge in [-0.3, -0.25) is 4.79 Å². The van der Waals surface area contributed by atoms with Crippen molar-refractivity contribution < 1.29 is 9.53 Å². The molecule has 0 radical (unpaired) electrons. The number of carbonyl (C=O) groups excluding carboxylic acids is 1. The number of aryl methyl sites for hydroxylation is 1. The second-order valence-corrected chi connectivity index (χ2v) is 5.05. The molecule has 1 atom stereocenters. The molecule has 0 aliphatic rings. The number of benzene rings is 1. The SMILES string of the molecule is CCc1cc(Oc2ccc(NC(=O)[C@@H](C)N)cn2)ccc1C#N. The van der Waals surface area contributed by atoms with Gasteiger partial charge in [0.25, 0.3) is 0 Å². The lowest BCUT2D eigenvalue weighted by molar-refractivity contribution is -0.117. The van der Waals surface area contributed by atoms with Crippen LogP contribution in [0.1, 0.15) is 25.0 Å². The molecule has 2 aromatic rings. The van der Waals surface area contributed by atoms with Gasteiger partial charge in [0.05, 0.1) is 29.6 Å². The van der Waals surface area contributed by atoms with Crippen molar-refractivity contribution in [1.82, 2.24) is 4.98 Å². The number of pyridine rings is 1. The zero-order valence-corrected chi connectivity index (χ0v) is 13.0. The third-order valence-corrected chi connectivity index (χ3v) is 3.22. The summed E-state index contributed by atoms with van der Waals surface area (Å²) in [7, 11) is 0. The zero-order chi connectivity index (χ0) is 16.8. The smallest absolute Gasteiger partial charge is 0.241 e. The van der Waals surface area contributed by atoms with E-state index in [1.807, 2.05) is 13.0 Å². The lowest BCUT2D eigenvalue weighted by atomic mass is 10.1. The maximum atomic E-state index is 11.5. The minimum Gasteiger partial charge on any atom is -0.439 e. The van der Waals surface area contributed by atoms with E-state index in [4.69, 9.17) is 15.7 Å². The molecule has 0 spiro atoms. The van der Waals surface area contributed by atoms with Crippen LogP contribution in [0, 0.1) is 11.3 Å². The fraction of sp³-hybridized carbons (Fsp3) is 0.235. The van der Waals surface area contributed by atoms with Crippen molar-refractivity contribution in [1.29, 1.82) is 5.26 Å². The zero-order valence-electron chi connectivity index (χ0n) is 13.0. The molecule has 0 saturated carbocycles. The third-order valence-electron chi connectivity index (χ3n) is 3.22. The molecule has 0 aliphatic carbocycles. The molecule has 6 heteroatoms. The summed E-state index contributed by atoms with van der Waals surface area (Å²) >= 11 is 0. The lowest BCUT2D eigenvalue weighted by Gasteiger charge is -2.09. The summed E-state index contributed by atoms with van der Waals surface area (Å²) in [6, 6.07) is 10.2. The van der Waals surface area contributed by atoms with E-state index < -0.39 is 6.04 Å². The first-order valence-corrected chi connectivity index (χ1v) is 7.27. The molecule has 6 nitrogen and oxygen atoms in total. The predicted octanol–water partition coefficient (Wildman–Crippen LogP) is 2.59. The number of nitrogens with two attached hydrogens (primary N) is 1. The molecule has 0 aliphatic heterocycles. The molecular weight excluding hydrogens is 292 g/mol. The standard InChI is InChI=1S/C17H18N4O2/c1-3-12-8-15(6-4-13(12)9-18)23-16-7-5-14(10-20-16)21-17(22)11(2)19/h4-8,10-11H,3,19H2,1-2H3,(H,21,22)/t11-/m1/s1. The van der Waals surface area contributed by atoms with Gasteiger partial charge in [-0.1, -0.05) is 6.92 Å². The van der Waals surface area contributed by atoms with Crippen molar-refractivity contribution in [2.75, 3.05) is 5.32 Å². The highest BCUT2D eigenvalue weighted by Gasteiger charge is 2.08. The number of anilines is 1. The second-order valence-electron chi connectivity index (χ2n) is 5.05. The van der Waals surface area contributed by atoms with Crippen LogP contribution in [0.2, 0.25) is 0 Å². The van der Waals surface area contributed by atoms with E-state index in [9.17, 15) is 4.79 Å². The van der Waals surface area contributed by atoms with Gasteiger partial charge in [0.2, 0.25) is 11.8 Å². The first kappa shape index (κ1) is 16.5. The molecule has 0 bridgehead atoms. The number of nitriles is 1. The van der Waals surface area contributed by atoms with Gasteiger partial charge < -0.3 is 15.8 Å². The molecule has 0 saturated heterocycles. The topological polar surface area (TPSA) is 101 Å². The van der Waals surface area contributed by atoms with Crippen molar-refractivity contribution in [3.63, 3.8) is 0 Å². The van der Waals surface area contributed by atoms with Crippen molar-refractivity contribution in [2.45, 2.75) is 26.3 Å². The van der Waals surface area contributed by atoms with Crippen molar-refractivity contribution >= 4 is 11.6 Å². The molecule has 118 valence electrons. The van der Waals surface area contributed by atoms with Gasteiger partial charge in [-0.25, -0.2) is 4.98 Å². The Hall–Kier alpha value is -2.91. The highest BCUT2D eigenvalue weighted by atomic mass is 16.5. The third kappa shape index (κ3) is 4.28. The number of aromatic nitrogens is 1. The van der Waals surface area contributed by atoms with E-state index in [0.29, 0.717) is 22.9 Å². The van der Waals surface area contributed by atoms with Gasteiger partial charge in [0, 0.05) is 6.07 Å². The maximum absolute atomic E-state index is 11.5. The Bertz CT molecular complexity index is 733. The van der Waals surface area contributed by atoms with Gasteiger partial charge in [0.15, 0.2) is 0 Å². The first-order chi connectivity index (χ1) is 11.0. The summed E-state index contributed by atoms with van der Waals surface area (Å²) in [5, 5.41) is 11.7. The molecule has 1 aromatic carbocycles. The van der Waals surface area contributed by atoms with E-state index in [2.05, 4.69) is 16.4 Å². The first-order valence-electron chi connectivity index (χ1n) is 7.27. The summed E-state index contributed by atoms with van der Waals surface area (Å²) in [6.45, 7) is 3.59. The van der Waals surface area contributed by atoms with E-state index in [1.54, 1.807) is 31.2 Å². The molecule has 1 aromatic heterocycles. The fourth-order valence-electron chi connectivity index (χ4n) is 1.93. The lowest BCUT2D eigenvalue weighted by Crippen LogP contribution is -2.32. The van der Waals surface area contributed by atoms with Crippen LogP contribution in [-0.2, 0) is 11.2 Å². The summed E-state index contributed by atoms with van der Waals surface area (Å²) in [5.41, 5.74) is 7.60. The summed E-state index contributed by atoms with van der Waals surface area (Å²) < 4.78 is 5.67.